The minimum absolute atomic E-state index is 0.168. The van der Waals surface area contributed by atoms with Crippen molar-refractivity contribution in [1.29, 1.82) is 0 Å². The summed E-state index contributed by atoms with van der Waals surface area (Å²) in [6.07, 6.45) is 2.84. The average molecular weight is 476 g/mol. The summed E-state index contributed by atoms with van der Waals surface area (Å²) in [7, 11) is -0.421. The van der Waals surface area contributed by atoms with Crippen LogP contribution in [-0.4, -0.2) is 39.9 Å². The highest BCUT2D eigenvalue weighted by Gasteiger charge is 2.59. The van der Waals surface area contributed by atoms with Crippen molar-refractivity contribution in [2.24, 2.45) is 5.92 Å². The van der Waals surface area contributed by atoms with Crippen molar-refractivity contribution >= 4 is 33.5 Å². The van der Waals surface area contributed by atoms with Gasteiger partial charge in [-0.1, -0.05) is 22.8 Å². The highest BCUT2D eigenvalue weighted by molar-refractivity contribution is 8.13. The standard InChI is InChI=1S/C26H25N3O4S/c1-3-34-23-9-8-17(11-19(23)28-25(31)20-10-16(2)14-29(20)34)24(30)27-13-18-12-26(18)15-32-21-6-4-5-7-22(21)33-26/h3-11,14,18H,12-13,15H2,1-2H3,(H,27,30)(H,28,31). The molecule has 3 heterocycles. The van der Waals surface area contributed by atoms with E-state index < -0.39 is 10.7 Å². The fourth-order valence-electron chi connectivity index (χ4n) is 4.72. The van der Waals surface area contributed by atoms with E-state index >= 15 is 0 Å². The molecule has 0 saturated heterocycles. The highest BCUT2D eigenvalue weighted by atomic mass is 32.2. The molecule has 7 nitrogen and oxygen atoms in total. The van der Waals surface area contributed by atoms with Crippen LogP contribution < -0.4 is 20.1 Å². The van der Waals surface area contributed by atoms with Crippen LogP contribution in [0.15, 0.2) is 59.6 Å². The molecular weight excluding hydrogens is 450 g/mol. The van der Waals surface area contributed by atoms with E-state index in [0.29, 0.717) is 30.1 Å². The van der Waals surface area contributed by atoms with Crippen LogP contribution in [0.4, 0.5) is 5.69 Å². The largest absolute Gasteiger partial charge is 0.486 e. The molecule has 1 aliphatic carbocycles. The third-order valence-corrected chi connectivity index (χ3v) is 8.60. The van der Waals surface area contributed by atoms with E-state index in [1.807, 2.05) is 66.5 Å². The third kappa shape index (κ3) is 3.40. The van der Waals surface area contributed by atoms with Crippen LogP contribution in [0.5, 0.6) is 11.5 Å². The van der Waals surface area contributed by atoms with Crippen LogP contribution >= 0.6 is 10.7 Å². The summed E-state index contributed by atoms with van der Waals surface area (Å²) >= 11 is 0. The number of carbonyl (C=O) groups is 2. The van der Waals surface area contributed by atoms with Gasteiger partial charge in [0.25, 0.3) is 11.8 Å². The summed E-state index contributed by atoms with van der Waals surface area (Å²) in [5.74, 6) is 1.38. The molecule has 1 aromatic heterocycles. The molecule has 34 heavy (non-hydrogen) atoms. The van der Waals surface area contributed by atoms with Crippen molar-refractivity contribution in [3.8, 4) is 11.5 Å². The summed E-state index contributed by atoms with van der Waals surface area (Å²) in [4.78, 5) is 26.8. The zero-order valence-corrected chi connectivity index (χ0v) is 19.8. The van der Waals surface area contributed by atoms with Gasteiger partial charge in [0.05, 0.1) is 5.69 Å². The van der Waals surface area contributed by atoms with Gasteiger partial charge in [-0.05, 0) is 67.6 Å². The molecule has 2 aromatic carbocycles. The van der Waals surface area contributed by atoms with Gasteiger partial charge in [-0.3, -0.25) is 13.6 Å². The number of anilines is 1. The molecule has 8 heteroatoms. The summed E-state index contributed by atoms with van der Waals surface area (Å²) in [6.45, 7) is 4.97. The number of nitrogens with zero attached hydrogens (tertiary/aromatic N) is 1. The van der Waals surface area contributed by atoms with Crippen molar-refractivity contribution in [3.05, 3.63) is 71.5 Å². The first kappa shape index (κ1) is 21.0. The van der Waals surface area contributed by atoms with Gasteiger partial charge in [0, 0.05) is 29.1 Å². The lowest BCUT2D eigenvalue weighted by atomic mass is 10.1. The predicted octanol–water partition coefficient (Wildman–Crippen LogP) is 4.24. The lowest BCUT2D eigenvalue weighted by molar-refractivity contribution is 0.0583. The molecule has 1 fully saturated rings. The number of hydrogen-bond acceptors (Lipinski definition) is 4. The molecule has 1 spiro atoms. The Balaban J connectivity index is 1.17. The molecule has 2 amide bonds. The second kappa shape index (κ2) is 7.77. The van der Waals surface area contributed by atoms with Crippen LogP contribution in [-0.2, 0) is 0 Å². The van der Waals surface area contributed by atoms with E-state index in [4.69, 9.17) is 9.47 Å². The van der Waals surface area contributed by atoms with Crippen molar-refractivity contribution in [1.82, 2.24) is 9.29 Å². The lowest BCUT2D eigenvalue weighted by Crippen LogP contribution is -2.36. The Labute approximate surface area is 200 Å². The van der Waals surface area contributed by atoms with Crippen molar-refractivity contribution in [3.63, 3.8) is 0 Å². The zero-order valence-electron chi connectivity index (χ0n) is 19.0. The van der Waals surface area contributed by atoms with E-state index in [1.165, 1.54) is 0 Å². The average Bonchev–Trinajstić information content (AvgIpc) is 3.38. The van der Waals surface area contributed by atoms with Gasteiger partial charge in [-0.2, -0.15) is 0 Å². The number of hydrogen-bond donors (Lipinski definition) is 2. The van der Waals surface area contributed by atoms with Crippen molar-refractivity contribution < 1.29 is 19.1 Å². The van der Waals surface area contributed by atoms with Crippen LogP contribution in [0, 0.1) is 12.8 Å². The molecule has 0 bridgehead atoms. The maximum atomic E-state index is 13.0. The topological polar surface area (TPSA) is 81.6 Å². The summed E-state index contributed by atoms with van der Waals surface area (Å²) < 4.78 is 14.1. The minimum Gasteiger partial charge on any atom is -0.486 e. The van der Waals surface area contributed by atoms with Gasteiger partial charge in [-0.15, -0.1) is 0 Å². The van der Waals surface area contributed by atoms with Gasteiger partial charge >= 0.3 is 0 Å². The van der Waals surface area contributed by atoms with E-state index in [2.05, 4.69) is 16.0 Å². The molecule has 3 aromatic rings. The Bertz CT molecular complexity index is 1380. The number of carbonyl (C=O) groups excluding carboxylic acids is 2. The van der Waals surface area contributed by atoms with Gasteiger partial charge in [0.15, 0.2) is 11.5 Å². The van der Waals surface area contributed by atoms with Crippen molar-refractivity contribution in [2.75, 3.05) is 18.5 Å². The van der Waals surface area contributed by atoms with Crippen LogP contribution in [0.3, 0.4) is 0 Å². The highest BCUT2D eigenvalue weighted by Crippen LogP contribution is 2.51. The zero-order chi connectivity index (χ0) is 23.4. The summed E-state index contributed by atoms with van der Waals surface area (Å²) in [5.41, 5.74) is 2.49. The molecule has 6 rings (SSSR count). The number of fused-ring (bicyclic) bond motifs is 3. The monoisotopic (exact) mass is 475 g/mol. The Kier molecular flexibility index (Phi) is 4.81. The SMILES string of the molecule is C/C=S1/c2ccc(C(=O)NCC3CC34COc3ccccc3O4)cc2NC(=O)c2cc(C)cn21. The number of nitrogens with one attached hydrogen (secondary N) is 2. The van der Waals surface area contributed by atoms with E-state index in [0.717, 1.165) is 28.4 Å². The van der Waals surface area contributed by atoms with Crippen LogP contribution in [0.1, 0.15) is 39.8 Å². The third-order valence-electron chi connectivity index (χ3n) is 6.62. The fraction of sp³-hybridized carbons (Fsp3) is 0.269. The quantitative estimate of drug-likeness (QED) is 0.556. The van der Waals surface area contributed by atoms with E-state index in [9.17, 15) is 9.59 Å². The van der Waals surface area contributed by atoms with Gasteiger partial charge in [0.1, 0.15) is 17.9 Å². The van der Waals surface area contributed by atoms with E-state index in [-0.39, 0.29) is 23.3 Å². The minimum atomic E-state index is -0.421. The van der Waals surface area contributed by atoms with Gasteiger partial charge < -0.3 is 20.1 Å². The van der Waals surface area contributed by atoms with Crippen LogP contribution in [0.25, 0.3) is 0 Å². The summed E-state index contributed by atoms with van der Waals surface area (Å²) in [6, 6.07) is 15.1. The number of para-hydroxylation sites is 2. The smallest absolute Gasteiger partial charge is 0.273 e. The first-order chi connectivity index (χ1) is 16.5. The summed E-state index contributed by atoms with van der Waals surface area (Å²) in [5, 5.41) is 8.11. The molecule has 174 valence electrons. The maximum absolute atomic E-state index is 13.0. The Morgan fingerprint density at radius 2 is 2.09 bits per heavy atom. The second-order valence-corrected chi connectivity index (χ2v) is 10.9. The lowest BCUT2D eigenvalue weighted by Gasteiger charge is -2.27. The Morgan fingerprint density at radius 3 is 2.91 bits per heavy atom. The first-order valence-corrected chi connectivity index (χ1v) is 12.6. The van der Waals surface area contributed by atoms with Gasteiger partial charge in [-0.25, -0.2) is 0 Å². The normalized spacial score (nSPS) is 24.1. The molecular formula is C26H25N3O4S. The van der Waals surface area contributed by atoms with Crippen molar-refractivity contribution in [2.45, 2.75) is 30.8 Å². The Morgan fingerprint density at radius 1 is 1.26 bits per heavy atom. The molecule has 2 N–H and O–H groups in total. The van der Waals surface area contributed by atoms with Crippen LogP contribution in [0.2, 0.25) is 0 Å². The molecule has 1 saturated carbocycles. The molecule has 3 aliphatic rings. The molecule has 2 aliphatic heterocycles. The van der Waals surface area contributed by atoms with Gasteiger partial charge in [0.2, 0.25) is 0 Å². The molecule has 0 radical (unpaired) electrons. The predicted molar refractivity (Wildman–Crippen MR) is 132 cm³/mol. The number of aryl methyl sites for hydroxylation is 1. The number of benzene rings is 2. The van der Waals surface area contributed by atoms with E-state index in [1.54, 1.807) is 6.07 Å². The second-order valence-electron chi connectivity index (χ2n) is 8.96. The maximum Gasteiger partial charge on any atom is 0.273 e. The number of rotatable bonds is 3. The molecule has 3 unspecified atom stereocenters. The first-order valence-electron chi connectivity index (χ1n) is 11.3. The molecule has 3 atom stereocenters. The number of aromatic nitrogens is 1. The number of amides is 2. The Hall–Kier alpha value is -3.52. The number of ether oxygens (including phenoxy) is 2. The fourth-order valence-corrected chi connectivity index (χ4v) is 6.58.